The zero-order valence-corrected chi connectivity index (χ0v) is 25.7. The van der Waals surface area contributed by atoms with E-state index < -0.39 is 35.0 Å². The lowest BCUT2D eigenvalue weighted by Gasteiger charge is -2.40. The molecule has 2 bridgehead atoms. The normalized spacial score (nSPS) is 27.6. The van der Waals surface area contributed by atoms with E-state index in [9.17, 15) is 13.2 Å². The molecule has 2 N–H and O–H groups in total. The Bertz CT molecular complexity index is 1920. The Hall–Kier alpha value is -3.55. The molecule has 0 aliphatic carbocycles. The highest BCUT2D eigenvalue weighted by molar-refractivity contribution is 6.35. The summed E-state index contributed by atoms with van der Waals surface area (Å²) in [4.78, 5) is 13.2. The van der Waals surface area contributed by atoms with Gasteiger partial charge >= 0.3 is 6.01 Å². The first kappa shape index (κ1) is 29.8. The number of nitrogens with zero attached hydrogens (tertiary/aromatic N) is 5. The molecule has 8 rings (SSSR count). The summed E-state index contributed by atoms with van der Waals surface area (Å²) in [7, 11) is 0. The van der Waals surface area contributed by atoms with E-state index >= 15 is 8.78 Å². The summed E-state index contributed by atoms with van der Waals surface area (Å²) >= 11 is 6.81. The van der Waals surface area contributed by atoms with Crippen LogP contribution in [0.1, 0.15) is 37.7 Å². The highest BCUT2D eigenvalue weighted by Crippen LogP contribution is 2.45. The van der Waals surface area contributed by atoms with Gasteiger partial charge in [-0.25, -0.2) is 13.2 Å². The molecule has 46 heavy (non-hydrogen) atoms. The van der Waals surface area contributed by atoms with Gasteiger partial charge in [0.05, 0.1) is 27.8 Å². The molecule has 0 unspecified atom stereocenters. The molecular weight excluding hydrogens is 629 g/mol. The number of alkyl halides is 1. The standard InChI is InChI=1S/C32H31ClF5N7O/c1-16-22(35)8-23-20(11-39-43-23)25(16)26-21(33)7-19-28(27(26)38)40-30(46-15-32-4-2-6-45(32)12-17(34)9-32)41-29(19)44-13-18-3-5-31(14-44,42-18)10-24(36)37/h7-8,10-11,17-18,42H,2-6,9,12-15H2,1H3,(H,39,43)/t17-,18-,31-,32+/m1/s1. The van der Waals surface area contributed by atoms with Crippen LogP contribution in [-0.4, -0.2) is 81.1 Å². The van der Waals surface area contributed by atoms with Gasteiger partial charge < -0.3 is 15.0 Å². The van der Waals surface area contributed by atoms with Gasteiger partial charge in [0.1, 0.15) is 29.9 Å². The van der Waals surface area contributed by atoms with E-state index in [4.69, 9.17) is 21.3 Å². The molecule has 0 saturated carbocycles. The minimum absolute atomic E-state index is 0.00247. The quantitative estimate of drug-likeness (QED) is 0.230. The topological polar surface area (TPSA) is 82.2 Å². The monoisotopic (exact) mass is 659 g/mol. The van der Waals surface area contributed by atoms with Crippen molar-refractivity contribution >= 4 is 39.2 Å². The van der Waals surface area contributed by atoms with Crippen LogP contribution in [0.5, 0.6) is 6.01 Å². The minimum Gasteiger partial charge on any atom is -0.461 e. The predicted molar refractivity (Wildman–Crippen MR) is 164 cm³/mol. The Morgan fingerprint density at radius 2 is 2.00 bits per heavy atom. The molecule has 4 atom stereocenters. The fourth-order valence-electron chi connectivity index (χ4n) is 8.27. The second-order valence-electron chi connectivity index (χ2n) is 13.2. The maximum atomic E-state index is 16.9. The highest BCUT2D eigenvalue weighted by atomic mass is 35.5. The number of aromatic amines is 1. The van der Waals surface area contributed by atoms with Crippen molar-refractivity contribution < 1.29 is 26.7 Å². The lowest BCUT2D eigenvalue weighted by molar-refractivity contribution is 0.107. The summed E-state index contributed by atoms with van der Waals surface area (Å²) < 4.78 is 79.8. The van der Waals surface area contributed by atoms with Crippen LogP contribution >= 0.6 is 11.6 Å². The van der Waals surface area contributed by atoms with Gasteiger partial charge in [-0.2, -0.15) is 23.8 Å². The van der Waals surface area contributed by atoms with Crippen molar-refractivity contribution in [1.29, 1.82) is 0 Å². The maximum Gasteiger partial charge on any atom is 0.319 e. The zero-order chi connectivity index (χ0) is 32.0. The number of nitrogens with one attached hydrogen (secondary N) is 2. The fraction of sp³-hybridized carbons (Fsp3) is 0.469. The lowest BCUT2D eigenvalue weighted by Crippen LogP contribution is -2.59. The molecule has 4 fully saturated rings. The summed E-state index contributed by atoms with van der Waals surface area (Å²) in [6.07, 6.45) is 2.83. The minimum atomic E-state index is -1.79. The molecule has 2 aromatic carbocycles. The average molecular weight is 660 g/mol. The molecule has 4 aliphatic rings. The third-order valence-electron chi connectivity index (χ3n) is 10.3. The summed E-state index contributed by atoms with van der Waals surface area (Å²) in [6, 6.07) is 2.61. The van der Waals surface area contributed by atoms with E-state index in [-0.39, 0.29) is 63.6 Å². The van der Waals surface area contributed by atoms with Gasteiger partial charge in [-0.15, -0.1) is 0 Å². The van der Waals surface area contributed by atoms with E-state index in [1.165, 1.54) is 25.3 Å². The third-order valence-corrected chi connectivity index (χ3v) is 10.6. The number of halogens is 6. The Kier molecular flexibility index (Phi) is 6.97. The van der Waals surface area contributed by atoms with Gasteiger partial charge in [0.2, 0.25) is 0 Å². The van der Waals surface area contributed by atoms with Gasteiger partial charge in [-0.05, 0) is 56.8 Å². The molecule has 8 nitrogen and oxygen atoms in total. The van der Waals surface area contributed by atoms with Crippen molar-refractivity contribution in [2.75, 3.05) is 37.7 Å². The Balaban J connectivity index is 1.29. The van der Waals surface area contributed by atoms with E-state index in [1.54, 1.807) is 0 Å². The van der Waals surface area contributed by atoms with Crippen LogP contribution in [0, 0.1) is 18.6 Å². The van der Waals surface area contributed by atoms with Crippen molar-refractivity contribution in [3.05, 3.63) is 52.7 Å². The number of benzene rings is 2. The molecule has 4 aliphatic heterocycles. The first-order valence-electron chi connectivity index (χ1n) is 15.5. The molecule has 4 saturated heterocycles. The second-order valence-corrected chi connectivity index (χ2v) is 13.6. The number of hydrogen-bond donors (Lipinski definition) is 2. The van der Waals surface area contributed by atoms with Crippen molar-refractivity contribution in [3.8, 4) is 17.1 Å². The molecule has 242 valence electrons. The first-order chi connectivity index (χ1) is 22.0. The van der Waals surface area contributed by atoms with Gasteiger partial charge in [0.15, 0.2) is 5.82 Å². The average Bonchev–Trinajstić information content (AvgIpc) is 3.75. The molecule has 0 spiro atoms. The Labute approximate surface area is 265 Å². The van der Waals surface area contributed by atoms with E-state index in [0.29, 0.717) is 43.3 Å². The van der Waals surface area contributed by atoms with E-state index in [1.807, 2.05) is 4.90 Å². The van der Waals surface area contributed by atoms with Crippen LogP contribution in [0.2, 0.25) is 5.02 Å². The molecule has 0 radical (unpaired) electrons. The number of aromatic nitrogens is 4. The fourth-order valence-corrected chi connectivity index (χ4v) is 8.56. The van der Waals surface area contributed by atoms with Crippen molar-refractivity contribution in [1.82, 2.24) is 30.4 Å². The van der Waals surface area contributed by atoms with Crippen LogP contribution in [0.15, 0.2) is 30.5 Å². The van der Waals surface area contributed by atoms with Crippen LogP contribution < -0.4 is 15.0 Å². The van der Waals surface area contributed by atoms with Crippen molar-refractivity contribution in [2.24, 2.45) is 0 Å². The summed E-state index contributed by atoms with van der Waals surface area (Å²) in [6.45, 7) is 3.33. The molecule has 14 heteroatoms. The van der Waals surface area contributed by atoms with Gasteiger partial charge in [-0.3, -0.25) is 10.00 Å². The van der Waals surface area contributed by atoms with Crippen LogP contribution in [0.4, 0.5) is 27.8 Å². The van der Waals surface area contributed by atoms with Gasteiger partial charge in [-0.1, -0.05) is 11.6 Å². The summed E-state index contributed by atoms with van der Waals surface area (Å²) in [5.74, 6) is -1.08. The van der Waals surface area contributed by atoms with Crippen LogP contribution in [-0.2, 0) is 0 Å². The molecule has 6 heterocycles. The molecule has 0 amide bonds. The largest absolute Gasteiger partial charge is 0.461 e. The van der Waals surface area contributed by atoms with Crippen LogP contribution in [0.3, 0.4) is 0 Å². The second kappa shape index (κ2) is 10.7. The maximum absolute atomic E-state index is 16.9. The number of rotatable bonds is 6. The number of H-pyrrole nitrogens is 1. The molecular formula is C32H31ClF5N7O. The Morgan fingerprint density at radius 3 is 2.83 bits per heavy atom. The first-order valence-corrected chi connectivity index (χ1v) is 15.8. The third kappa shape index (κ3) is 4.72. The lowest BCUT2D eigenvalue weighted by atomic mass is 9.94. The summed E-state index contributed by atoms with van der Waals surface area (Å²) in [5.41, 5.74) is -0.862. The summed E-state index contributed by atoms with van der Waals surface area (Å²) in [5, 5.41) is 10.8. The zero-order valence-electron chi connectivity index (χ0n) is 24.9. The SMILES string of the molecule is Cc1c(F)cc2[nH]ncc2c1-c1c(Cl)cc2c(N3C[C@H]4CC[C@@](C=C(F)F)(C3)N4)nc(OC[C@@]34CCCN3C[C@H](F)C4)nc2c1F. The van der Waals surface area contributed by atoms with E-state index in [0.717, 1.165) is 25.5 Å². The smallest absolute Gasteiger partial charge is 0.319 e. The number of fused-ring (bicyclic) bond motifs is 5. The Morgan fingerprint density at radius 1 is 1.15 bits per heavy atom. The van der Waals surface area contributed by atoms with E-state index in [2.05, 4.69) is 25.4 Å². The number of hydrogen-bond acceptors (Lipinski definition) is 7. The highest BCUT2D eigenvalue weighted by Gasteiger charge is 2.50. The van der Waals surface area contributed by atoms with Crippen molar-refractivity contribution in [3.63, 3.8) is 0 Å². The number of ether oxygens (including phenoxy) is 1. The predicted octanol–water partition coefficient (Wildman–Crippen LogP) is 6.46. The number of anilines is 1. The van der Waals surface area contributed by atoms with Crippen LogP contribution in [0.25, 0.3) is 32.9 Å². The van der Waals surface area contributed by atoms with Gasteiger partial charge in [0.25, 0.3) is 6.08 Å². The van der Waals surface area contributed by atoms with Gasteiger partial charge in [0, 0.05) is 60.1 Å². The molecule has 4 aromatic rings. The van der Waals surface area contributed by atoms with Crippen molar-refractivity contribution in [2.45, 2.75) is 62.3 Å². The number of piperazine rings is 1. The molecule has 2 aromatic heterocycles.